The first-order valence-electron chi connectivity index (χ1n) is 13.8. The molecule has 0 aliphatic heterocycles. The topological polar surface area (TPSA) is 57.4 Å². The third-order valence-corrected chi connectivity index (χ3v) is 8.23. The van der Waals surface area contributed by atoms with Crippen LogP contribution < -0.4 is 0 Å². The molecule has 0 spiro atoms. The Labute approximate surface area is 242 Å². The Kier molecular flexibility index (Phi) is 5.22. The summed E-state index contributed by atoms with van der Waals surface area (Å²) in [5.41, 5.74) is 8.32. The molecule has 0 aliphatic rings. The molecule has 8 rings (SSSR count). The van der Waals surface area contributed by atoms with Crippen LogP contribution in [0.5, 0.6) is 0 Å². The molecule has 0 bridgehead atoms. The number of aromatic nitrogens is 2. The summed E-state index contributed by atoms with van der Waals surface area (Å²) in [6.45, 7) is 0. The summed E-state index contributed by atoms with van der Waals surface area (Å²) in [6.07, 6.45) is 0. The summed E-state index contributed by atoms with van der Waals surface area (Å²) in [4.78, 5) is 0. The average molecular weight is 535 g/mol. The Morgan fingerprint density at radius 3 is 1.31 bits per heavy atom. The first-order valence-corrected chi connectivity index (χ1v) is 13.8. The van der Waals surface area contributed by atoms with E-state index in [2.05, 4.69) is 81.9 Å². The van der Waals surface area contributed by atoms with Gasteiger partial charge in [-0.1, -0.05) is 91.0 Å². The highest BCUT2D eigenvalue weighted by Crippen LogP contribution is 2.41. The predicted octanol–water partition coefficient (Wildman–Crippen LogP) is 9.29. The third-order valence-electron chi connectivity index (χ3n) is 8.23. The van der Waals surface area contributed by atoms with E-state index in [1.54, 1.807) is 0 Å². The van der Waals surface area contributed by atoms with Gasteiger partial charge >= 0.3 is 0 Å². The molecule has 0 unspecified atom stereocenters. The number of nitriles is 2. The van der Waals surface area contributed by atoms with E-state index in [9.17, 15) is 10.5 Å². The number of hydrogen-bond donors (Lipinski definition) is 0. The van der Waals surface area contributed by atoms with Gasteiger partial charge in [0.1, 0.15) is 6.07 Å². The van der Waals surface area contributed by atoms with Gasteiger partial charge in [-0.05, 0) is 42.5 Å². The first-order chi connectivity index (χ1) is 20.8. The van der Waals surface area contributed by atoms with Crippen LogP contribution in [0.3, 0.4) is 0 Å². The van der Waals surface area contributed by atoms with Gasteiger partial charge < -0.3 is 9.13 Å². The Morgan fingerprint density at radius 1 is 0.405 bits per heavy atom. The average Bonchev–Trinajstić information content (AvgIpc) is 3.57. The van der Waals surface area contributed by atoms with Crippen molar-refractivity contribution in [1.29, 1.82) is 10.5 Å². The molecule has 0 aliphatic carbocycles. The van der Waals surface area contributed by atoms with Crippen LogP contribution in [-0.4, -0.2) is 9.13 Å². The highest BCUT2D eigenvalue weighted by atomic mass is 15.0. The van der Waals surface area contributed by atoms with Gasteiger partial charge in [0.05, 0.1) is 50.6 Å². The number of benzene rings is 6. The van der Waals surface area contributed by atoms with E-state index in [4.69, 9.17) is 0 Å². The maximum atomic E-state index is 10.8. The summed E-state index contributed by atoms with van der Waals surface area (Å²) in [5, 5.41) is 25.7. The molecule has 0 atom stereocenters. The number of para-hydroxylation sites is 4. The van der Waals surface area contributed by atoms with E-state index in [-0.39, 0.29) is 0 Å². The van der Waals surface area contributed by atoms with Crippen molar-refractivity contribution >= 4 is 43.6 Å². The molecular formula is C38H22N4. The molecule has 4 nitrogen and oxygen atoms in total. The Balaban J connectivity index is 1.49. The van der Waals surface area contributed by atoms with Crippen molar-refractivity contribution < 1.29 is 0 Å². The van der Waals surface area contributed by atoms with E-state index in [1.165, 1.54) is 0 Å². The Morgan fingerprint density at radius 2 is 0.833 bits per heavy atom. The molecule has 0 radical (unpaired) electrons. The fourth-order valence-electron chi connectivity index (χ4n) is 6.52. The minimum absolute atomic E-state index is 0.519. The van der Waals surface area contributed by atoms with Gasteiger partial charge in [-0.25, -0.2) is 0 Å². The van der Waals surface area contributed by atoms with Crippen molar-refractivity contribution in [3.63, 3.8) is 0 Å². The number of hydrogen-bond acceptors (Lipinski definition) is 2. The molecule has 0 N–H and O–H groups in total. The maximum Gasteiger partial charge on any atom is 0.102 e. The van der Waals surface area contributed by atoms with Gasteiger partial charge in [0.15, 0.2) is 0 Å². The van der Waals surface area contributed by atoms with E-state index >= 15 is 0 Å². The molecule has 4 heteroatoms. The smallest absolute Gasteiger partial charge is 0.102 e. The summed E-state index contributed by atoms with van der Waals surface area (Å²) in [5.74, 6) is 0. The van der Waals surface area contributed by atoms with Crippen molar-refractivity contribution in [2.24, 2.45) is 0 Å². The molecular weight excluding hydrogens is 512 g/mol. The van der Waals surface area contributed by atoms with Gasteiger partial charge in [-0.2, -0.15) is 10.5 Å². The lowest BCUT2D eigenvalue weighted by molar-refractivity contribution is 1.16. The lowest BCUT2D eigenvalue weighted by atomic mass is 9.93. The maximum absolute atomic E-state index is 10.8. The molecule has 2 heterocycles. The van der Waals surface area contributed by atoms with Crippen molar-refractivity contribution in [1.82, 2.24) is 9.13 Å². The second-order valence-corrected chi connectivity index (χ2v) is 10.4. The summed E-state index contributed by atoms with van der Waals surface area (Å²) < 4.78 is 4.39. The fourth-order valence-corrected chi connectivity index (χ4v) is 6.52. The summed E-state index contributed by atoms with van der Waals surface area (Å²) in [7, 11) is 0. The number of fused-ring (bicyclic) bond motifs is 6. The van der Waals surface area contributed by atoms with E-state index in [1.807, 2.05) is 72.8 Å². The monoisotopic (exact) mass is 534 g/mol. The fraction of sp³-hybridized carbons (Fsp3) is 0. The van der Waals surface area contributed by atoms with Crippen molar-refractivity contribution in [2.75, 3.05) is 0 Å². The van der Waals surface area contributed by atoms with Crippen molar-refractivity contribution in [3.8, 4) is 34.6 Å². The number of nitrogens with zero attached hydrogens (tertiary/aromatic N) is 4. The van der Waals surface area contributed by atoms with Gasteiger partial charge in [-0.15, -0.1) is 0 Å². The molecule has 42 heavy (non-hydrogen) atoms. The predicted molar refractivity (Wildman–Crippen MR) is 170 cm³/mol. The van der Waals surface area contributed by atoms with Crippen LogP contribution in [0.25, 0.3) is 66.1 Å². The Hall–Kier alpha value is -6.10. The van der Waals surface area contributed by atoms with Crippen LogP contribution in [0.1, 0.15) is 11.1 Å². The van der Waals surface area contributed by atoms with Gasteiger partial charge in [0.25, 0.3) is 0 Å². The van der Waals surface area contributed by atoms with Crippen LogP contribution >= 0.6 is 0 Å². The molecule has 0 amide bonds. The van der Waals surface area contributed by atoms with Crippen LogP contribution in [0.15, 0.2) is 133 Å². The zero-order chi connectivity index (χ0) is 28.2. The van der Waals surface area contributed by atoms with Crippen molar-refractivity contribution in [2.45, 2.75) is 0 Å². The Bertz CT molecular complexity index is 2340. The molecule has 0 fully saturated rings. The van der Waals surface area contributed by atoms with Crippen LogP contribution in [0.4, 0.5) is 0 Å². The largest absolute Gasteiger partial charge is 0.309 e. The van der Waals surface area contributed by atoms with Crippen molar-refractivity contribution in [3.05, 3.63) is 145 Å². The van der Waals surface area contributed by atoms with Crippen LogP contribution in [0.2, 0.25) is 0 Å². The highest BCUT2D eigenvalue weighted by molar-refractivity contribution is 6.11. The normalized spacial score (nSPS) is 11.3. The van der Waals surface area contributed by atoms with Gasteiger partial charge in [0, 0.05) is 32.7 Å². The molecule has 194 valence electrons. The van der Waals surface area contributed by atoms with E-state index < -0.39 is 0 Å². The summed E-state index contributed by atoms with van der Waals surface area (Å²) in [6, 6.07) is 49.9. The van der Waals surface area contributed by atoms with E-state index in [0.29, 0.717) is 11.1 Å². The lowest BCUT2D eigenvalue weighted by Gasteiger charge is -2.18. The van der Waals surface area contributed by atoms with Crippen LogP contribution in [-0.2, 0) is 0 Å². The minimum Gasteiger partial charge on any atom is -0.309 e. The number of rotatable bonds is 3. The van der Waals surface area contributed by atoms with Crippen LogP contribution in [0, 0.1) is 22.7 Å². The molecule has 0 saturated carbocycles. The van der Waals surface area contributed by atoms with E-state index in [0.717, 1.165) is 66.1 Å². The van der Waals surface area contributed by atoms with Gasteiger partial charge in [-0.3, -0.25) is 0 Å². The highest BCUT2D eigenvalue weighted by Gasteiger charge is 2.22. The first kappa shape index (κ1) is 23.8. The SMILES string of the molecule is N#Cc1cccc(-n2c3ccccc3c3ccccc32)c1-c1cccc(-n2c3ccccc3c3ccccc32)c1C#N. The molecule has 2 aromatic heterocycles. The second-order valence-electron chi connectivity index (χ2n) is 10.4. The lowest BCUT2D eigenvalue weighted by Crippen LogP contribution is -2.03. The molecule has 8 aromatic rings. The molecule has 0 saturated heterocycles. The third kappa shape index (κ3) is 3.27. The summed E-state index contributed by atoms with van der Waals surface area (Å²) >= 11 is 0. The minimum atomic E-state index is 0.519. The molecule has 6 aromatic carbocycles. The standard InChI is InChI=1S/C38H22N4/c39-23-25-11-9-22-37(42-34-19-7-3-14-28(34)29-15-4-8-20-35(29)42)38(25)30-16-10-21-36(31(30)24-40)41-32-17-5-1-12-26(32)27-13-2-6-18-33(27)41/h1-22H. The second kappa shape index (κ2) is 9.24. The van der Waals surface area contributed by atoms with Gasteiger partial charge in [0.2, 0.25) is 0 Å². The quantitative estimate of drug-likeness (QED) is 0.227. The zero-order valence-corrected chi connectivity index (χ0v) is 22.5. The zero-order valence-electron chi connectivity index (χ0n) is 22.5.